The number of hydrogen-bond donors (Lipinski definition) is 1. The first-order valence-electron chi connectivity index (χ1n) is 9.38. The normalized spacial score (nSPS) is 10.4. The highest BCUT2D eigenvalue weighted by Gasteiger charge is 2.02. The van der Waals surface area contributed by atoms with Crippen LogP contribution in [-0.2, 0) is 24.2 Å². The molecule has 3 aromatic rings. The van der Waals surface area contributed by atoms with Crippen LogP contribution in [0.5, 0.6) is 11.5 Å². The van der Waals surface area contributed by atoms with Gasteiger partial charge < -0.3 is 14.6 Å². The number of carboxylic acids is 1. The van der Waals surface area contributed by atoms with Gasteiger partial charge in [-0.2, -0.15) is 0 Å². The molecule has 0 amide bonds. The second kappa shape index (κ2) is 10.2. The molecule has 4 nitrogen and oxygen atoms in total. The average Bonchev–Trinajstić information content (AvgIpc) is 2.72. The summed E-state index contributed by atoms with van der Waals surface area (Å²) in [5.41, 5.74) is 3.28. The molecule has 0 saturated heterocycles. The molecule has 3 rings (SSSR count). The lowest BCUT2D eigenvalue weighted by molar-refractivity contribution is -0.136. The highest BCUT2D eigenvalue weighted by Crippen LogP contribution is 2.18. The van der Waals surface area contributed by atoms with Crippen molar-refractivity contribution in [2.75, 3.05) is 6.61 Å². The van der Waals surface area contributed by atoms with E-state index in [9.17, 15) is 4.79 Å². The maximum Gasteiger partial charge on any atom is 0.303 e. The number of aliphatic carboxylic acids is 1. The second-order valence-electron chi connectivity index (χ2n) is 6.56. The minimum atomic E-state index is -0.786. The van der Waals surface area contributed by atoms with Crippen molar-refractivity contribution in [3.8, 4) is 11.5 Å². The van der Waals surface area contributed by atoms with Crippen molar-refractivity contribution < 1.29 is 19.4 Å². The average molecular weight is 376 g/mol. The van der Waals surface area contributed by atoms with Crippen molar-refractivity contribution in [2.24, 2.45) is 0 Å². The Kier molecular flexibility index (Phi) is 7.08. The second-order valence-corrected chi connectivity index (χ2v) is 6.56. The van der Waals surface area contributed by atoms with E-state index < -0.39 is 5.97 Å². The van der Waals surface area contributed by atoms with Gasteiger partial charge in [-0.3, -0.25) is 4.79 Å². The van der Waals surface area contributed by atoms with Crippen molar-refractivity contribution in [3.63, 3.8) is 0 Å². The third-order valence-corrected chi connectivity index (χ3v) is 4.36. The molecule has 1 N–H and O–H groups in total. The van der Waals surface area contributed by atoms with Crippen LogP contribution < -0.4 is 9.47 Å². The van der Waals surface area contributed by atoms with Gasteiger partial charge in [-0.05, 0) is 47.4 Å². The fourth-order valence-electron chi connectivity index (χ4n) is 2.83. The Morgan fingerprint density at radius 3 is 2.18 bits per heavy atom. The van der Waals surface area contributed by atoms with E-state index in [1.807, 2.05) is 66.7 Å². The topological polar surface area (TPSA) is 55.8 Å². The van der Waals surface area contributed by atoms with Gasteiger partial charge in [-0.25, -0.2) is 0 Å². The van der Waals surface area contributed by atoms with Gasteiger partial charge in [-0.1, -0.05) is 54.6 Å². The molecule has 0 aliphatic heterocycles. The van der Waals surface area contributed by atoms with E-state index in [0.717, 1.165) is 29.0 Å². The third-order valence-electron chi connectivity index (χ3n) is 4.36. The highest BCUT2D eigenvalue weighted by atomic mass is 16.5. The molecular weight excluding hydrogens is 352 g/mol. The standard InChI is InChI=1S/C24H24O4/c25-24(26)14-11-20-9-12-22(13-10-20)28-18-21-7-4-8-23(17-21)27-16-15-19-5-2-1-3-6-19/h1-10,12-13,17H,11,14-16,18H2,(H,25,26). The maximum absolute atomic E-state index is 10.6. The van der Waals surface area contributed by atoms with Gasteiger partial charge in [0.1, 0.15) is 18.1 Å². The van der Waals surface area contributed by atoms with E-state index in [2.05, 4.69) is 12.1 Å². The van der Waals surface area contributed by atoms with E-state index in [0.29, 0.717) is 19.6 Å². The van der Waals surface area contributed by atoms with E-state index in [1.54, 1.807) is 0 Å². The Labute approximate surface area is 165 Å². The third kappa shape index (κ3) is 6.47. The summed E-state index contributed by atoms with van der Waals surface area (Å²) in [4.78, 5) is 10.6. The molecule has 0 fully saturated rings. The SMILES string of the molecule is O=C(O)CCc1ccc(OCc2cccc(OCCc3ccccc3)c2)cc1. The van der Waals surface area contributed by atoms with Gasteiger partial charge in [0, 0.05) is 12.8 Å². The van der Waals surface area contributed by atoms with Gasteiger partial charge in [0.15, 0.2) is 0 Å². The summed E-state index contributed by atoms with van der Waals surface area (Å²) < 4.78 is 11.7. The number of ether oxygens (including phenoxy) is 2. The van der Waals surface area contributed by atoms with Crippen molar-refractivity contribution in [2.45, 2.75) is 25.9 Å². The van der Waals surface area contributed by atoms with E-state index >= 15 is 0 Å². The molecule has 0 aliphatic rings. The number of carbonyl (C=O) groups is 1. The van der Waals surface area contributed by atoms with Gasteiger partial charge in [0.2, 0.25) is 0 Å². The number of hydrogen-bond acceptors (Lipinski definition) is 3. The Bertz CT molecular complexity index is 873. The highest BCUT2D eigenvalue weighted by molar-refractivity contribution is 5.67. The first kappa shape index (κ1) is 19.5. The molecule has 28 heavy (non-hydrogen) atoms. The zero-order chi connectivity index (χ0) is 19.6. The molecule has 0 aliphatic carbocycles. The molecule has 0 radical (unpaired) electrons. The zero-order valence-electron chi connectivity index (χ0n) is 15.7. The van der Waals surface area contributed by atoms with Crippen molar-refractivity contribution in [1.29, 1.82) is 0 Å². The minimum Gasteiger partial charge on any atom is -0.493 e. The largest absolute Gasteiger partial charge is 0.493 e. The van der Waals surface area contributed by atoms with Crippen molar-refractivity contribution in [3.05, 3.63) is 95.6 Å². The predicted octanol–water partition coefficient (Wildman–Crippen LogP) is 4.90. The van der Waals surface area contributed by atoms with Gasteiger partial charge in [0.05, 0.1) is 6.61 Å². The summed E-state index contributed by atoms with van der Waals surface area (Å²) in [7, 11) is 0. The fourth-order valence-corrected chi connectivity index (χ4v) is 2.83. The van der Waals surface area contributed by atoms with E-state index in [4.69, 9.17) is 14.6 Å². The minimum absolute atomic E-state index is 0.136. The molecule has 0 aromatic heterocycles. The molecule has 0 heterocycles. The fraction of sp³-hybridized carbons (Fsp3) is 0.208. The monoisotopic (exact) mass is 376 g/mol. The van der Waals surface area contributed by atoms with Gasteiger partial charge in [0.25, 0.3) is 0 Å². The van der Waals surface area contributed by atoms with Crippen LogP contribution in [0.3, 0.4) is 0 Å². The molecule has 0 atom stereocenters. The van der Waals surface area contributed by atoms with Crippen molar-refractivity contribution in [1.82, 2.24) is 0 Å². The van der Waals surface area contributed by atoms with E-state index in [1.165, 1.54) is 5.56 Å². The number of rotatable bonds is 10. The lowest BCUT2D eigenvalue weighted by Crippen LogP contribution is -2.02. The van der Waals surface area contributed by atoms with Crippen molar-refractivity contribution >= 4 is 5.97 Å². The number of aryl methyl sites for hydroxylation is 1. The Morgan fingerprint density at radius 2 is 1.43 bits per heavy atom. The summed E-state index contributed by atoms with van der Waals surface area (Å²) in [6, 6.07) is 25.7. The number of benzene rings is 3. The summed E-state index contributed by atoms with van der Waals surface area (Å²) in [5.74, 6) is 0.807. The van der Waals surface area contributed by atoms with Crippen LogP contribution in [0.1, 0.15) is 23.1 Å². The summed E-state index contributed by atoms with van der Waals surface area (Å²) in [6.45, 7) is 1.08. The van der Waals surface area contributed by atoms with Gasteiger partial charge >= 0.3 is 5.97 Å². The Hall–Kier alpha value is -3.27. The van der Waals surface area contributed by atoms with Crippen LogP contribution in [0.2, 0.25) is 0 Å². The lowest BCUT2D eigenvalue weighted by Gasteiger charge is -2.10. The molecule has 0 spiro atoms. The molecule has 144 valence electrons. The summed E-state index contributed by atoms with van der Waals surface area (Å²) in [5, 5.41) is 8.74. The summed E-state index contributed by atoms with van der Waals surface area (Å²) in [6.07, 6.45) is 1.53. The van der Waals surface area contributed by atoms with Crippen LogP contribution in [0.25, 0.3) is 0 Å². The molecule has 4 heteroatoms. The quantitative estimate of drug-likeness (QED) is 0.546. The molecule has 0 unspecified atom stereocenters. The molecular formula is C24H24O4. The van der Waals surface area contributed by atoms with Crippen LogP contribution >= 0.6 is 0 Å². The zero-order valence-corrected chi connectivity index (χ0v) is 15.7. The Balaban J connectivity index is 1.47. The van der Waals surface area contributed by atoms with Crippen LogP contribution in [0, 0.1) is 0 Å². The van der Waals surface area contributed by atoms with Crippen LogP contribution in [0.4, 0.5) is 0 Å². The Morgan fingerprint density at radius 1 is 0.714 bits per heavy atom. The summed E-state index contributed by atoms with van der Waals surface area (Å²) >= 11 is 0. The molecule has 0 bridgehead atoms. The predicted molar refractivity (Wildman–Crippen MR) is 109 cm³/mol. The lowest BCUT2D eigenvalue weighted by atomic mass is 10.1. The maximum atomic E-state index is 10.6. The van der Waals surface area contributed by atoms with Crippen LogP contribution in [-0.4, -0.2) is 17.7 Å². The first-order chi connectivity index (χ1) is 13.7. The van der Waals surface area contributed by atoms with Gasteiger partial charge in [-0.15, -0.1) is 0 Å². The number of carboxylic acid groups (broad SMARTS) is 1. The smallest absolute Gasteiger partial charge is 0.303 e. The van der Waals surface area contributed by atoms with E-state index in [-0.39, 0.29) is 6.42 Å². The molecule has 0 saturated carbocycles. The molecule has 3 aromatic carbocycles. The first-order valence-corrected chi connectivity index (χ1v) is 9.38. The van der Waals surface area contributed by atoms with Crippen LogP contribution in [0.15, 0.2) is 78.9 Å².